The van der Waals surface area contributed by atoms with Gasteiger partial charge in [-0.1, -0.05) is 6.08 Å². The van der Waals surface area contributed by atoms with Gasteiger partial charge >= 0.3 is 0 Å². The number of anilines is 1. The third-order valence-electron chi connectivity index (χ3n) is 2.52. The van der Waals surface area contributed by atoms with Crippen LogP contribution in [-0.2, 0) is 4.74 Å². The number of hydrogen-bond acceptors (Lipinski definition) is 4. The molecule has 0 saturated heterocycles. The summed E-state index contributed by atoms with van der Waals surface area (Å²) in [5.41, 5.74) is 7.73. The van der Waals surface area contributed by atoms with Gasteiger partial charge in [0.1, 0.15) is 0 Å². The Morgan fingerprint density at radius 3 is 2.82 bits per heavy atom. The second-order valence-corrected chi connectivity index (χ2v) is 3.96. The molecule has 1 heterocycles. The van der Waals surface area contributed by atoms with Crippen LogP contribution in [-0.4, -0.2) is 31.8 Å². The predicted octanol–water partition coefficient (Wildman–Crippen LogP) is 1.74. The molecule has 2 N–H and O–H groups in total. The molecule has 4 heteroatoms. The number of nitrogens with two attached hydrogens (primary N) is 1. The van der Waals surface area contributed by atoms with Crippen molar-refractivity contribution < 1.29 is 4.74 Å². The molecule has 0 saturated carbocycles. The molecular formula is C13H21N3O. The zero-order chi connectivity index (χ0) is 12.7. The van der Waals surface area contributed by atoms with Gasteiger partial charge in [-0.3, -0.25) is 4.98 Å². The lowest BCUT2D eigenvalue weighted by Crippen LogP contribution is -2.27. The molecule has 0 radical (unpaired) electrons. The zero-order valence-electron chi connectivity index (χ0n) is 10.6. The fourth-order valence-corrected chi connectivity index (χ4v) is 1.54. The highest BCUT2D eigenvalue weighted by atomic mass is 16.5. The highest BCUT2D eigenvalue weighted by molar-refractivity contribution is 5.45. The van der Waals surface area contributed by atoms with Gasteiger partial charge in [-0.25, -0.2) is 0 Å². The standard InChI is InChI=1S/C13H21N3O/c1-4-7-16(8-9-17-3)12-5-6-13(11(2)14)15-10-12/h4-6,10-11H,1,7-9,14H2,2-3H3/t11-/m1/s1. The van der Waals surface area contributed by atoms with Crippen LogP contribution in [0.25, 0.3) is 0 Å². The molecule has 0 spiro atoms. The Kier molecular flexibility index (Phi) is 5.66. The van der Waals surface area contributed by atoms with Gasteiger partial charge < -0.3 is 15.4 Å². The molecule has 1 rings (SSSR count). The van der Waals surface area contributed by atoms with E-state index in [0.717, 1.165) is 24.5 Å². The van der Waals surface area contributed by atoms with Crippen LogP contribution < -0.4 is 10.6 Å². The van der Waals surface area contributed by atoms with Gasteiger partial charge in [0.25, 0.3) is 0 Å². The largest absolute Gasteiger partial charge is 0.383 e. The first-order chi connectivity index (χ1) is 8.19. The normalized spacial score (nSPS) is 12.2. The maximum Gasteiger partial charge on any atom is 0.0637 e. The van der Waals surface area contributed by atoms with E-state index < -0.39 is 0 Å². The van der Waals surface area contributed by atoms with Crippen molar-refractivity contribution in [3.8, 4) is 0 Å². The van der Waals surface area contributed by atoms with Gasteiger partial charge in [-0.2, -0.15) is 0 Å². The summed E-state index contributed by atoms with van der Waals surface area (Å²) in [6.07, 6.45) is 3.72. The summed E-state index contributed by atoms with van der Waals surface area (Å²) in [6.45, 7) is 7.97. The van der Waals surface area contributed by atoms with E-state index in [1.165, 1.54) is 0 Å². The molecule has 0 bridgehead atoms. The summed E-state index contributed by atoms with van der Waals surface area (Å²) in [5.74, 6) is 0. The maximum absolute atomic E-state index is 5.77. The van der Waals surface area contributed by atoms with E-state index in [1.54, 1.807) is 7.11 Å². The Hall–Kier alpha value is -1.39. The molecule has 1 aromatic rings. The number of rotatable bonds is 7. The Bertz CT molecular complexity index is 335. The number of ether oxygens (including phenoxy) is 1. The van der Waals surface area contributed by atoms with Crippen LogP contribution in [0.3, 0.4) is 0 Å². The molecule has 0 aliphatic heterocycles. The summed E-state index contributed by atoms with van der Waals surface area (Å²) >= 11 is 0. The third kappa shape index (κ3) is 4.17. The Labute approximate surface area is 103 Å². The van der Waals surface area contributed by atoms with E-state index in [-0.39, 0.29) is 6.04 Å². The summed E-state index contributed by atoms with van der Waals surface area (Å²) in [4.78, 5) is 6.51. The van der Waals surface area contributed by atoms with Crippen LogP contribution in [0.15, 0.2) is 31.0 Å². The molecule has 0 aliphatic rings. The van der Waals surface area contributed by atoms with Gasteiger partial charge in [0.15, 0.2) is 0 Å². The lowest BCUT2D eigenvalue weighted by atomic mass is 10.2. The first-order valence-electron chi connectivity index (χ1n) is 5.75. The van der Waals surface area contributed by atoms with Crippen LogP contribution in [0.5, 0.6) is 0 Å². The van der Waals surface area contributed by atoms with Gasteiger partial charge in [0, 0.05) is 26.2 Å². The monoisotopic (exact) mass is 235 g/mol. The molecule has 17 heavy (non-hydrogen) atoms. The topological polar surface area (TPSA) is 51.4 Å². The number of methoxy groups -OCH3 is 1. The van der Waals surface area contributed by atoms with Crippen LogP contribution in [0.1, 0.15) is 18.7 Å². The summed E-state index contributed by atoms with van der Waals surface area (Å²) < 4.78 is 5.09. The molecule has 0 fully saturated rings. The predicted molar refractivity (Wildman–Crippen MR) is 71.1 cm³/mol. The highest BCUT2D eigenvalue weighted by Gasteiger charge is 2.06. The van der Waals surface area contributed by atoms with E-state index in [2.05, 4.69) is 16.5 Å². The van der Waals surface area contributed by atoms with Gasteiger partial charge in [0.2, 0.25) is 0 Å². The first kappa shape index (κ1) is 13.7. The molecule has 0 aromatic carbocycles. The molecule has 94 valence electrons. The quantitative estimate of drug-likeness (QED) is 0.731. The number of hydrogen-bond donors (Lipinski definition) is 1. The van der Waals surface area contributed by atoms with E-state index in [1.807, 2.05) is 31.3 Å². The van der Waals surface area contributed by atoms with Crippen LogP contribution in [0.4, 0.5) is 5.69 Å². The molecule has 4 nitrogen and oxygen atoms in total. The number of pyridine rings is 1. The molecule has 0 unspecified atom stereocenters. The summed E-state index contributed by atoms with van der Waals surface area (Å²) in [5, 5.41) is 0. The van der Waals surface area contributed by atoms with Crippen molar-refractivity contribution in [3.63, 3.8) is 0 Å². The lowest BCUT2D eigenvalue weighted by Gasteiger charge is -2.22. The second kappa shape index (κ2) is 7.04. The van der Waals surface area contributed by atoms with E-state index in [4.69, 9.17) is 10.5 Å². The van der Waals surface area contributed by atoms with E-state index >= 15 is 0 Å². The molecule has 1 atom stereocenters. The average Bonchev–Trinajstić information content (AvgIpc) is 2.34. The van der Waals surface area contributed by atoms with E-state index in [9.17, 15) is 0 Å². The fourth-order valence-electron chi connectivity index (χ4n) is 1.54. The minimum atomic E-state index is -0.0316. The van der Waals surface area contributed by atoms with Crippen LogP contribution in [0, 0.1) is 0 Å². The van der Waals surface area contributed by atoms with Gasteiger partial charge in [0.05, 0.1) is 24.2 Å². The Morgan fingerprint density at radius 2 is 2.35 bits per heavy atom. The first-order valence-corrected chi connectivity index (χ1v) is 5.75. The van der Waals surface area contributed by atoms with Crippen molar-refractivity contribution >= 4 is 5.69 Å². The van der Waals surface area contributed by atoms with Gasteiger partial charge in [-0.15, -0.1) is 6.58 Å². The lowest BCUT2D eigenvalue weighted by molar-refractivity contribution is 0.206. The Morgan fingerprint density at radius 1 is 1.59 bits per heavy atom. The summed E-state index contributed by atoms with van der Waals surface area (Å²) in [6, 6.07) is 3.96. The van der Waals surface area contributed by atoms with Crippen LogP contribution in [0.2, 0.25) is 0 Å². The average molecular weight is 235 g/mol. The molecule has 0 amide bonds. The fraction of sp³-hybridized carbons (Fsp3) is 0.462. The smallest absolute Gasteiger partial charge is 0.0637 e. The summed E-state index contributed by atoms with van der Waals surface area (Å²) in [7, 11) is 1.70. The van der Waals surface area contributed by atoms with Crippen molar-refractivity contribution in [2.24, 2.45) is 5.73 Å². The van der Waals surface area contributed by atoms with E-state index in [0.29, 0.717) is 6.61 Å². The van der Waals surface area contributed by atoms with Crippen molar-refractivity contribution in [1.82, 2.24) is 4.98 Å². The molecule has 1 aromatic heterocycles. The maximum atomic E-state index is 5.77. The third-order valence-corrected chi connectivity index (χ3v) is 2.52. The minimum absolute atomic E-state index is 0.0316. The zero-order valence-corrected chi connectivity index (χ0v) is 10.6. The molecular weight excluding hydrogens is 214 g/mol. The van der Waals surface area contributed by atoms with Crippen molar-refractivity contribution in [3.05, 3.63) is 36.7 Å². The van der Waals surface area contributed by atoms with Crippen molar-refractivity contribution in [1.29, 1.82) is 0 Å². The minimum Gasteiger partial charge on any atom is -0.383 e. The Balaban J connectivity index is 2.75. The number of nitrogens with zero attached hydrogens (tertiary/aromatic N) is 2. The van der Waals surface area contributed by atoms with Crippen molar-refractivity contribution in [2.45, 2.75) is 13.0 Å². The molecule has 0 aliphatic carbocycles. The van der Waals surface area contributed by atoms with Crippen LogP contribution >= 0.6 is 0 Å². The van der Waals surface area contributed by atoms with Crippen molar-refractivity contribution in [2.75, 3.05) is 31.7 Å². The van der Waals surface area contributed by atoms with Gasteiger partial charge in [-0.05, 0) is 19.1 Å². The second-order valence-electron chi connectivity index (χ2n) is 3.96. The number of aromatic nitrogens is 1. The SMILES string of the molecule is C=CCN(CCOC)c1ccc([C@@H](C)N)nc1. The highest BCUT2D eigenvalue weighted by Crippen LogP contribution is 2.15.